The molecule has 2 aromatic rings. The molecular weight excluding hydrogens is 347 g/mol. The van der Waals surface area contributed by atoms with Crippen molar-refractivity contribution in [1.29, 1.82) is 0 Å². The molecule has 0 aromatic heterocycles. The van der Waals surface area contributed by atoms with Crippen molar-refractivity contribution in [2.75, 3.05) is 18.6 Å². The van der Waals surface area contributed by atoms with Crippen LogP contribution in [0.2, 0.25) is 5.02 Å². The molecule has 0 bridgehead atoms. The van der Waals surface area contributed by atoms with Gasteiger partial charge in [0.15, 0.2) is 0 Å². The quantitative estimate of drug-likeness (QED) is 0.909. The molecule has 0 spiro atoms. The topological polar surface area (TPSA) is 58.6 Å². The highest BCUT2D eigenvalue weighted by Gasteiger charge is 2.34. The third-order valence-electron chi connectivity index (χ3n) is 4.06. The number of rotatable bonds is 4. The average Bonchev–Trinajstić information content (AvgIpc) is 2.96. The molecule has 2 aromatic carbocycles. The van der Waals surface area contributed by atoms with Crippen molar-refractivity contribution >= 4 is 29.1 Å². The highest BCUT2D eigenvalue weighted by molar-refractivity contribution is 6.31. The van der Waals surface area contributed by atoms with E-state index in [9.17, 15) is 14.0 Å². The zero-order chi connectivity index (χ0) is 18.0. The Balaban J connectivity index is 1.74. The lowest BCUT2D eigenvalue weighted by Crippen LogP contribution is -2.41. The predicted molar refractivity (Wildman–Crippen MR) is 92.6 cm³/mol. The van der Waals surface area contributed by atoms with Gasteiger partial charge in [0.25, 0.3) is 5.91 Å². The fourth-order valence-electron chi connectivity index (χ4n) is 2.78. The van der Waals surface area contributed by atoms with Crippen LogP contribution in [-0.2, 0) is 4.79 Å². The third kappa shape index (κ3) is 3.58. The molecule has 1 aliphatic rings. The van der Waals surface area contributed by atoms with Gasteiger partial charge in [0.2, 0.25) is 5.91 Å². The monoisotopic (exact) mass is 362 g/mol. The molecule has 1 atom stereocenters. The fourth-order valence-corrected chi connectivity index (χ4v) is 2.96. The van der Waals surface area contributed by atoms with E-state index in [-0.39, 0.29) is 17.3 Å². The molecule has 7 heteroatoms. The van der Waals surface area contributed by atoms with Crippen molar-refractivity contribution in [1.82, 2.24) is 5.32 Å². The van der Waals surface area contributed by atoms with Crippen LogP contribution in [0.4, 0.5) is 10.1 Å². The van der Waals surface area contributed by atoms with Crippen LogP contribution in [0, 0.1) is 5.82 Å². The van der Waals surface area contributed by atoms with E-state index in [2.05, 4.69) is 5.32 Å². The van der Waals surface area contributed by atoms with Crippen LogP contribution < -0.4 is 15.0 Å². The summed E-state index contributed by atoms with van der Waals surface area (Å²) in [4.78, 5) is 26.6. The van der Waals surface area contributed by atoms with Crippen LogP contribution in [0.5, 0.6) is 5.75 Å². The minimum atomic E-state index is -0.652. The first-order chi connectivity index (χ1) is 12.0. The Bertz CT molecular complexity index is 810. The summed E-state index contributed by atoms with van der Waals surface area (Å²) in [5.74, 6) is -0.657. The van der Waals surface area contributed by atoms with Gasteiger partial charge in [0.1, 0.15) is 17.6 Å². The fraction of sp³-hybridized carbons (Fsp3) is 0.222. The van der Waals surface area contributed by atoms with E-state index in [1.807, 2.05) is 0 Å². The summed E-state index contributed by atoms with van der Waals surface area (Å²) in [6, 6.07) is 9.73. The van der Waals surface area contributed by atoms with Crippen LogP contribution in [0.15, 0.2) is 42.5 Å². The highest BCUT2D eigenvalue weighted by atomic mass is 35.5. The number of anilines is 1. The number of hydrogen-bond donors (Lipinski definition) is 1. The summed E-state index contributed by atoms with van der Waals surface area (Å²) < 4.78 is 18.2. The molecule has 2 amide bonds. The highest BCUT2D eigenvalue weighted by Crippen LogP contribution is 2.25. The number of amides is 2. The average molecular weight is 363 g/mol. The summed E-state index contributed by atoms with van der Waals surface area (Å²) in [6.07, 6.45) is 0.463. The summed E-state index contributed by atoms with van der Waals surface area (Å²) >= 11 is 5.94. The van der Waals surface area contributed by atoms with Gasteiger partial charge in [-0.15, -0.1) is 0 Å². The number of hydrogen-bond acceptors (Lipinski definition) is 3. The van der Waals surface area contributed by atoms with Crippen molar-refractivity contribution in [3.63, 3.8) is 0 Å². The zero-order valence-corrected chi connectivity index (χ0v) is 14.2. The van der Waals surface area contributed by atoms with Gasteiger partial charge in [-0.2, -0.15) is 0 Å². The van der Waals surface area contributed by atoms with Crippen LogP contribution in [-0.4, -0.2) is 31.5 Å². The Morgan fingerprint density at radius 1 is 1.28 bits per heavy atom. The molecule has 5 nitrogen and oxygen atoms in total. The summed E-state index contributed by atoms with van der Waals surface area (Å²) in [7, 11) is 1.46. The zero-order valence-electron chi connectivity index (χ0n) is 13.5. The number of nitrogens with one attached hydrogen (secondary N) is 1. The largest absolute Gasteiger partial charge is 0.496 e. The van der Waals surface area contributed by atoms with E-state index in [0.717, 1.165) is 0 Å². The number of carbonyl (C=O) groups is 2. The van der Waals surface area contributed by atoms with E-state index in [1.54, 1.807) is 12.1 Å². The van der Waals surface area contributed by atoms with Gasteiger partial charge in [-0.1, -0.05) is 11.6 Å². The third-order valence-corrected chi connectivity index (χ3v) is 4.29. The lowest BCUT2D eigenvalue weighted by atomic mass is 10.1. The Kier molecular flexibility index (Phi) is 4.90. The molecule has 1 saturated heterocycles. The minimum Gasteiger partial charge on any atom is -0.496 e. The standard InChI is InChI=1S/C18H16ClFN2O3/c1-25-16-7-2-11(19)10-14(16)17(23)21-15-8-9-22(18(15)24)13-5-3-12(20)4-6-13/h2-7,10,15H,8-9H2,1H3,(H,21,23)/t15-/m0/s1. The number of ether oxygens (including phenoxy) is 1. The Labute approximate surface area is 149 Å². The molecule has 0 radical (unpaired) electrons. The SMILES string of the molecule is COc1ccc(Cl)cc1C(=O)N[C@H]1CCN(c2ccc(F)cc2)C1=O. The summed E-state index contributed by atoms with van der Waals surface area (Å²) in [5, 5.41) is 3.11. The second-order valence-electron chi connectivity index (χ2n) is 5.63. The maximum atomic E-state index is 13.0. The molecule has 25 heavy (non-hydrogen) atoms. The molecule has 0 unspecified atom stereocenters. The number of methoxy groups -OCH3 is 1. The van der Waals surface area contributed by atoms with Crippen molar-refractivity contribution in [3.05, 3.63) is 58.9 Å². The number of nitrogens with zero attached hydrogens (tertiary/aromatic N) is 1. The second kappa shape index (κ2) is 7.11. The minimum absolute atomic E-state index is 0.235. The van der Waals surface area contributed by atoms with Gasteiger partial charge in [-0.25, -0.2) is 4.39 Å². The van der Waals surface area contributed by atoms with Gasteiger partial charge in [0.05, 0.1) is 12.7 Å². The molecule has 1 aliphatic heterocycles. The van der Waals surface area contributed by atoms with Crippen LogP contribution in [0.3, 0.4) is 0 Å². The van der Waals surface area contributed by atoms with Gasteiger partial charge in [0, 0.05) is 17.3 Å². The predicted octanol–water partition coefficient (Wildman–Crippen LogP) is 3.02. The maximum absolute atomic E-state index is 13.0. The van der Waals surface area contributed by atoms with Crippen LogP contribution >= 0.6 is 11.6 Å². The number of carbonyl (C=O) groups excluding carboxylic acids is 2. The lowest BCUT2D eigenvalue weighted by Gasteiger charge is -2.17. The van der Waals surface area contributed by atoms with Gasteiger partial charge in [-0.05, 0) is 48.9 Å². The first kappa shape index (κ1) is 17.2. The Hall–Kier alpha value is -2.60. The van der Waals surface area contributed by atoms with Gasteiger partial charge in [-0.3, -0.25) is 9.59 Å². The molecule has 3 rings (SSSR count). The number of benzene rings is 2. The molecule has 1 fully saturated rings. The molecule has 0 saturated carbocycles. The molecule has 1 heterocycles. The second-order valence-corrected chi connectivity index (χ2v) is 6.06. The molecular formula is C18H16ClFN2O3. The number of halogens is 2. The maximum Gasteiger partial charge on any atom is 0.255 e. The molecule has 130 valence electrons. The molecule has 0 aliphatic carbocycles. The van der Waals surface area contributed by atoms with Crippen molar-refractivity contribution in [2.45, 2.75) is 12.5 Å². The molecule has 1 N–H and O–H groups in total. The summed E-state index contributed by atoms with van der Waals surface area (Å²) in [6.45, 7) is 0.447. The van der Waals surface area contributed by atoms with Crippen molar-refractivity contribution < 1.29 is 18.7 Å². The van der Waals surface area contributed by atoms with E-state index < -0.39 is 11.9 Å². The first-order valence-electron chi connectivity index (χ1n) is 7.71. The summed E-state index contributed by atoms with van der Waals surface area (Å²) in [5.41, 5.74) is 0.867. The lowest BCUT2D eigenvalue weighted by molar-refractivity contribution is -0.118. The van der Waals surface area contributed by atoms with Crippen LogP contribution in [0.1, 0.15) is 16.8 Å². The Morgan fingerprint density at radius 2 is 2.00 bits per heavy atom. The van der Waals surface area contributed by atoms with Crippen molar-refractivity contribution in [2.24, 2.45) is 0 Å². The van der Waals surface area contributed by atoms with E-state index >= 15 is 0 Å². The van der Waals surface area contributed by atoms with Gasteiger partial charge >= 0.3 is 0 Å². The van der Waals surface area contributed by atoms with E-state index in [4.69, 9.17) is 16.3 Å². The van der Waals surface area contributed by atoms with Crippen molar-refractivity contribution in [3.8, 4) is 5.75 Å². The Morgan fingerprint density at radius 3 is 2.68 bits per heavy atom. The smallest absolute Gasteiger partial charge is 0.255 e. The van der Waals surface area contributed by atoms with E-state index in [0.29, 0.717) is 29.4 Å². The van der Waals surface area contributed by atoms with Crippen LogP contribution in [0.25, 0.3) is 0 Å². The van der Waals surface area contributed by atoms with E-state index in [1.165, 1.54) is 42.3 Å². The normalized spacial score (nSPS) is 16.8. The first-order valence-corrected chi connectivity index (χ1v) is 8.08. The van der Waals surface area contributed by atoms with Gasteiger partial charge < -0.3 is 15.0 Å².